The number of allylic oxidation sites excluding steroid dienone is 2. The number of carbonyl (C=O) groups excluding carboxylic acids is 9. The van der Waals surface area contributed by atoms with Crippen LogP contribution in [0.5, 0.6) is 17.2 Å². The molecule has 3 heterocycles. The zero-order chi connectivity index (χ0) is 110. The third kappa shape index (κ3) is 31.6. The number of ether oxygens (including phenoxy) is 10. The molecule has 2 saturated heterocycles. The molecule has 11 rings (SSSR count). The van der Waals surface area contributed by atoms with Gasteiger partial charge in [-0.3, -0.25) is 64.9 Å². The smallest absolute Gasteiger partial charge is 0.857 e. The Bertz CT molecular complexity index is 5790. The first-order valence-corrected chi connectivity index (χ1v) is 50.7. The van der Waals surface area contributed by atoms with Crippen LogP contribution in [0.15, 0.2) is 150 Å². The normalized spacial score (nSPS) is 15.5. The molecular weight excluding hydrogens is 2050 g/mol. The molecule has 3 aliphatic heterocycles. The van der Waals surface area contributed by atoms with Crippen LogP contribution < -0.4 is 81.5 Å². The Hall–Kier alpha value is -8.83. The van der Waals surface area contributed by atoms with Crippen LogP contribution in [0.1, 0.15) is 315 Å². The summed E-state index contributed by atoms with van der Waals surface area (Å²) in [6, 6.07) is 34.5. The monoisotopic (exact) mass is 2190 g/mol. The number of nitrogens with one attached hydrogen (secondary N) is 4. The molecule has 3 atom stereocenters. The van der Waals surface area contributed by atoms with Crippen LogP contribution in [0.3, 0.4) is 0 Å². The molecule has 2 fully saturated rings. The van der Waals surface area contributed by atoms with Gasteiger partial charge in [-0.2, -0.15) is 7.11 Å². The van der Waals surface area contributed by atoms with E-state index in [1.54, 1.807) is 162 Å². The van der Waals surface area contributed by atoms with Crippen molar-refractivity contribution in [1.82, 2.24) is 41.7 Å². The summed E-state index contributed by atoms with van der Waals surface area (Å²) in [5.41, 5.74) is 15.0. The van der Waals surface area contributed by atoms with Gasteiger partial charge in [0.2, 0.25) is 0 Å². The summed E-state index contributed by atoms with van der Waals surface area (Å²) in [5, 5.41) is 58.8. The van der Waals surface area contributed by atoms with Crippen molar-refractivity contribution in [3.05, 3.63) is 239 Å². The molecule has 0 bridgehead atoms. The van der Waals surface area contributed by atoms with Gasteiger partial charge in [-0.1, -0.05) is 80.4 Å². The van der Waals surface area contributed by atoms with E-state index in [1.165, 1.54) is 77.8 Å². The molecule has 0 saturated carbocycles. The number of methoxy groups -OCH3 is 6. The number of hydrogen-bond acceptors (Lipinski definition) is 27. The maximum absolute atomic E-state index is 13.9. The molecule has 1 aliphatic carbocycles. The van der Waals surface area contributed by atoms with Crippen LogP contribution in [-0.2, 0) is 54.4 Å². The molecule has 7 aromatic rings. The number of fused-ring (bicyclic) bond motifs is 1. The van der Waals surface area contributed by atoms with Gasteiger partial charge in [0.25, 0.3) is 47.3 Å². The number of hydrazine groups is 4. The number of carbonyl (C=O) groups is 9. The molecule has 7 aromatic carbocycles. The summed E-state index contributed by atoms with van der Waals surface area (Å²) in [6.45, 7) is 44.0. The third-order valence-electron chi connectivity index (χ3n) is 24.1. The van der Waals surface area contributed by atoms with Crippen molar-refractivity contribution in [2.75, 3.05) is 56.9 Å². The van der Waals surface area contributed by atoms with Gasteiger partial charge in [0, 0.05) is 117 Å². The van der Waals surface area contributed by atoms with Crippen LogP contribution >= 0.6 is 47.8 Å². The van der Waals surface area contributed by atoms with Gasteiger partial charge in [-0.25, -0.2) is 20.0 Å². The minimum Gasteiger partial charge on any atom is -0.857 e. The van der Waals surface area contributed by atoms with E-state index in [1.807, 2.05) is 123 Å². The molecular formula is C102H140B2Br2N8NaO26P2S+. The first kappa shape index (κ1) is 126. The summed E-state index contributed by atoms with van der Waals surface area (Å²) in [6.07, 6.45) is 0.322. The largest absolute Gasteiger partial charge is 1.00 e. The van der Waals surface area contributed by atoms with Crippen LogP contribution in [0, 0.1) is 20.8 Å². The van der Waals surface area contributed by atoms with Gasteiger partial charge in [0.1, 0.15) is 23.5 Å². The van der Waals surface area contributed by atoms with Crippen molar-refractivity contribution < 1.29 is 155 Å². The minimum absolute atomic E-state index is 0. The Kier molecular flexibility index (Phi) is 47.4. The maximum Gasteiger partial charge on any atom is 1.00 e. The SMILES string of the molecule is CO.COC1=C(C)C(C(=O)NN(C(=O)c2ccc3c(c2)C(O)OB3O)C(C)(C)C)=CCC1.COc1cccc(C(=O)NN(C(=O)c2ccc(B(O)O)c(C=O)c2)C(C)(C)C)c1C.COc1cccc(C(=O)NN(C(=O)c2ccc(C3OC(C)(C)C(C)(C)O3)c(C(Br)Br)c2)C(C)(C)C)c1C.COc1cccc(C(=O)NN(C(=O)c2ccc(C3OC(C)(C)C(C)(C)O3)c(C(OC)OC)c2)C(C)(C)C)c1C.C[O-].[3H][P+](P)=S.[Na+]. The number of aliphatic hydroxyl groups excluding tert-OH is 2. The predicted molar refractivity (Wildman–Crippen MR) is 562 cm³/mol. The van der Waals surface area contributed by atoms with Crippen molar-refractivity contribution in [3.63, 3.8) is 0 Å². The van der Waals surface area contributed by atoms with Crippen LogP contribution in [-0.4, -0.2) is 216 Å². The van der Waals surface area contributed by atoms with Crippen LogP contribution in [0.2, 0.25) is 0 Å². The predicted octanol–water partition coefficient (Wildman–Crippen LogP) is 11.4. The summed E-state index contributed by atoms with van der Waals surface area (Å²) in [4.78, 5) is 118. The second-order valence-electron chi connectivity index (χ2n) is 38.9. The average Bonchev–Trinajstić information content (AvgIpc) is 1.63. The fourth-order valence-electron chi connectivity index (χ4n) is 14.8. The summed E-state index contributed by atoms with van der Waals surface area (Å²) in [7, 11) is 10.1. The van der Waals surface area contributed by atoms with Crippen molar-refractivity contribution in [2.45, 2.75) is 252 Å². The molecule has 3 unspecified atom stereocenters. The zero-order valence-electron chi connectivity index (χ0n) is 89.5. The Morgan fingerprint density at radius 3 is 1.17 bits per heavy atom. The molecule has 4 aliphatic rings. The number of amides is 8. The van der Waals surface area contributed by atoms with Crippen molar-refractivity contribution in [3.8, 4) is 17.2 Å². The maximum atomic E-state index is 13.9. The molecule has 0 aromatic heterocycles. The molecule has 42 heteroatoms. The molecule has 9 N–H and O–H groups in total. The van der Waals surface area contributed by atoms with Gasteiger partial charge >= 0.3 is 45.1 Å². The number of aliphatic hydroxyl groups is 2. The number of alkyl halides is 2. The van der Waals surface area contributed by atoms with E-state index < -0.39 is 132 Å². The Morgan fingerprint density at radius 2 is 0.847 bits per heavy atom. The van der Waals surface area contributed by atoms with Crippen LogP contribution in [0.4, 0.5) is 0 Å². The van der Waals surface area contributed by atoms with Gasteiger partial charge < -0.3 is 82.4 Å². The van der Waals surface area contributed by atoms with Crippen molar-refractivity contribution in [2.24, 2.45) is 0 Å². The molecule has 780 valence electrons. The number of aldehydes is 1. The standard InChI is InChI=1S/C30H42N2O7.C28H36Br2N2O5.C21H27BN2O6.C21H25BN2O6.CH4O.CH3O.Na.H2P2S/c1-18-20(13-12-14-23(18)35-9)24(33)31-32(28(2,3)4)25(34)19-15-16-21(22(17-19)26(36-10)37-11)27-38-29(5,6)30(7,8)39-27;1-16-18(11-10-12-21(16)35-9)23(33)31-32(26(2,3)4)24(34)17-13-14-19(20(15-17)22(29)30)25-36-27(5,6)28(7,8)37-25;1-12-14(7-6-8-17(12)29-5)18(25)23-24(21(2,3)4)19(26)13-9-10-16-15(11-13)20(27)30-22(16)28;1-13-16(7-6-8-18(13)30-5)19(26)23-24(21(2,3)4)20(27)14-9-10-17(22(28)29)15(11-14)12-25;2*1-2;;1-2-3/h12-17,26-27H,1-11H3,(H,31,33);10-15,22,25H,1-9H3,(H,31,33);7,9-11,20,27-28H,6,8H2,1-5H3,(H,23,25);6-12,28-29H,1-5H3,(H,23,26);2H,1H3;1H3;;1H2/q;;;;;-1;+1;/p+1/i/hT. The van der Waals surface area contributed by atoms with Gasteiger partial charge in [0.15, 0.2) is 44.0 Å². The number of rotatable bonds is 20. The van der Waals surface area contributed by atoms with E-state index in [4.69, 9.17) is 63.5 Å². The molecule has 8 amide bonds. The van der Waals surface area contributed by atoms with Gasteiger partial charge in [-0.15, -0.1) is 0 Å². The number of halogens is 2. The van der Waals surface area contributed by atoms with E-state index in [9.17, 15) is 63.3 Å². The summed E-state index contributed by atoms with van der Waals surface area (Å²) < 4.78 is 68.6. The average molecular weight is 2190 g/mol. The fraction of sp³-hybridized carbons (Fsp3) is 0.461. The third-order valence-corrected chi connectivity index (χ3v) is 25.1. The van der Waals surface area contributed by atoms with E-state index in [2.05, 4.69) is 74.3 Å². The van der Waals surface area contributed by atoms with E-state index in [-0.39, 0.29) is 61.4 Å². The van der Waals surface area contributed by atoms with Gasteiger partial charge in [0.05, 0.1) is 91.4 Å². The van der Waals surface area contributed by atoms with E-state index in [0.29, 0.717) is 102 Å². The van der Waals surface area contributed by atoms with Crippen molar-refractivity contribution >= 4 is 138 Å². The van der Waals surface area contributed by atoms with Gasteiger partial charge in [-0.05, 0) is 280 Å². The van der Waals surface area contributed by atoms with Crippen LogP contribution in [0.25, 0.3) is 0 Å². The van der Waals surface area contributed by atoms with E-state index >= 15 is 0 Å². The minimum atomic E-state index is -1.84. The fourth-order valence-corrected chi connectivity index (χ4v) is 15.6. The first-order chi connectivity index (χ1) is 66.8. The second-order valence-corrected chi connectivity index (χ2v) is 44.7. The topological polar surface area (TPSA) is 440 Å². The first-order valence-electron chi connectivity index (χ1n) is 45.8. The quantitative estimate of drug-likeness (QED) is 0.00854. The Balaban J connectivity index is 0.000000394. The Labute approximate surface area is 895 Å². The molecule has 144 heavy (non-hydrogen) atoms. The Morgan fingerprint density at radius 1 is 0.528 bits per heavy atom. The van der Waals surface area contributed by atoms with E-state index in [0.717, 1.165) is 43.1 Å². The number of hydrogen-bond donors (Lipinski definition) is 9. The zero-order valence-corrected chi connectivity index (χ0v) is 96.6. The van der Waals surface area contributed by atoms with Crippen molar-refractivity contribution in [1.29, 1.82) is 1.28 Å². The number of nitrogens with zero attached hydrogens (tertiary/aromatic N) is 4. The summed E-state index contributed by atoms with van der Waals surface area (Å²) in [5.74, 6) is -0.967. The number of benzene rings is 7. The molecule has 34 nitrogen and oxygen atoms in total. The summed E-state index contributed by atoms with van der Waals surface area (Å²) >= 11 is 11.5. The molecule has 0 radical (unpaired) electrons. The molecule has 0 spiro atoms. The second kappa shape index (κ2) is 54.4.